The summed E-state index contributed by atoms with van der Waals surface area (Å²) in [6.07, 6.45) is 4.10. The first kappa shape index (κ1) is 11.2. The predicted molar refractivity (Wildman–Crippen MR) is 68.1 cm³/mol. The minimum Gasteiger partial charge on any atom is -0.310 e. The van der Waals surface area contributed by atoms with E-state index in [-0.39, 0.29) is 0 Å². The molecule has 82 valence electrons. The monoisotopic (exact) mass is 267 g/mol. The molecule has 0 bridgehead atoms. The number of aryl methyl sites for hydroxylation is 1. The first-order chi connectivity index (χ1) is 7.18. The summed E-state index contributed by atoms with van der Waals surface area (Å²) >= 11 is 3.64. The summed E-state index contributed by atoms with van der Waals surface area (Å²) in [5.41, 5.74) is 4.11. The lowest BCUT2D eigenvalue weighted by atomic mass is 9.93. The van der Waals surface area contributed by atoms with Gasteiger partial charge in [-0.3, -0.25) is 0 Å². The van der Waals surface area contributed by atoms with Gasteiger partial charge >= 0.3 is 0 Å². The highest BCUT2D eigenvalue weighted by molar-refractivity contribution is 9.10. The van der Waals surface area contributed by atoms with Crippen molar-refractivity contribution in [1.82, 2.24) is 5.32 Å². The van der Waals surface area contributed by atoms with Gasteiger partial charge in [-0.1, -0.05) is 34.5 Å². The molecule has 1 N–H and O–H groups in total. The van der Waals surface area contributed by atoms with E-state index < -0.39 is 0 Å². The molecule has 1 aliphatic rings. The molecular weight excluding hydrogens is 250 g/mol. The van der Waals surface area contributed by atoms with Crippen LogP contribution in [0.1, 0.15) is 36.0 Å². The molecule has 0 spiro atoms. The second kappa shape index (κ2) is 4.67. The van der Waals surface area contributed by atoms with Crippen molar-refractivity contribution in [2.24, 2.45) is 0 Å². The molecule has 0 unspecified atom stereocenters. The van der Waals surface area contributed by atoms with Gasteiger partial charge in [0.1, 0.15) is 0 Å². The van der Waals surface area contributed by atoms with Gasteiger partial charge in [0, 0.05) is 17.1 Å². The lowest BCUT2D eigenvalue weighted by Gasteiger charge is -2.27. The summed E-state index contributed by atoms with van der Waals surface area (Å²) in [4.78, 5) is 0. The van der Waals surface area contributed by atoms with Gasteiger partial charge in [-0.15, -0.1) is 0 Å². The van der Waals surface area contributed by atoms with Gasteiger partial charge in [0.2, 0.25) is 0 Å². The van der Waals surface area contributed by atoms with Gasteiger partial charge in [-0.25, -0.2) is 0 Å². The maximum atomic E-state index is 3.64. The van der Waals surface area contributed by atoms with E-state index in [9.17, 15) is 0 Å². The Labute approximate surface area is 100 Å². The number of rotatable bonds is 3. The molecule has 0 aromatic heterocycles. The Kier molecular flexibility index (Phi) is 3.47. The summed E-state index contributed by atoms with van der Waals surface area (Å²) in [7, 11) is 0. The number of benzene rings is 1. The van der Waals surface area contributed by atoms with E-state index in [4.69, 9.17) is 0 Å². The van der Waals surface area contributed by atoms with Crippen LogP contribution in [0.2, 0.25) is 0 Å². The van der Waals surface area contributed by atoms with E-state index in [0.717, 1.165) is 12.6 Å². The third-order valence-corrected chi connectivity index (χ3v) is 4.60. The zero-order valence-corrected chi connectivity index (χ0v) is 11.0. The predicted octanol–water partition coefficient (Wildman–Crippen LogP) is 3.71. The molecule has 1 fully saturated rings. The van der Waals surface area contributed by atoms with Gasteiger partial charge in [0.15, 0.2) is 0 Å². The molecule has 1 aliphatic carbocycles. The maximum Gasteiger partial charge on any atom is 0.0236 e. The molecule has 2 rings (SSSR count). The molecule has 2 heteroatoms. The summed E-state index contributed by atoms with van der Waals surface area (Å²) < 4.78 is 1.26. The van der Waals surface area contributed by atoms with Crippen molar-refractivity contribution in [3.05, 3.63) is 33.3 Å². The van der Waals surface area contributed by atoms with E-state index in [1.807, 2.05) is 0 Å². The van der Waals surface area contributed by atoms with Crippen molar-refractivity contribution in [3.63, 3.8) is 0 Å². The molecule has 0 aliphatic heterocycles. The number of hydrogen-bond acceptors (Lipinski definition) is 1. The largest absolute Gasteiger partial charge is 0.310 e. The number of hydrogen-bond donors (Lipinski definition) is 1. The number of halogens is 1. The molecule has 1 saturated carbocycles. The maximum absolute atomic E-state index is 3.64. The Hall–Kier alpha value is -0.340. The van der Waals surface area contributed by atoms with Crippen LogP contribution in [0.15, 0.2) is 16.6 Å². The van der Waals surface area contributed by atoms with Gasteiger partial charge in [0.25, 0.3) is 0 Å². The van der Waals surface area contributed by atoms with Crippen LogP contribution in [0.25, 0.3) is 0 Å². The standard InChI is InChI=1S/C13H18BrN/c1-9-6-7-11(10(2)13(9)14)8-15-12-4-3-5-12/h6-7,12,15H,3-5,8H2,1-2H3. The van der Waals surface area contributed by atoms with Crippen molar-refractivity contribution >= 4 is 15.9 Å². The molecule has 0 heterocycles. The van der Waals surface area contributed by atoms with E-state index in [1.165, 1.54) is 40.4 Å². The minimum atomic E-state index is 0.768. The van der Waals surface area contributed by atoms with Crippen LogP contribution in [0.5, 0.6) is 0 Å². The fourth-order valence-corrected chi connectivity index (χ4v) is 2.31. The van der Waals surface area contributed by atoms with E-state index in [1.54, 1.807) is 0 Å². The lowest BCUT2D eigenvalue weighted by Crippen LogP contribution is -2.34. The fraction of sp³-hybridized carbons (Fsp3) is 0.538. The van der Waals surface area contributed by atoms with Gasteiger partial charge in [-0.2, -0.15) is 0 Å². The van der Waals surface area contributed by atoms with Gasteiger partial charge in [-0.05, 0) is 43.4 Å². The average Bonchev–Trinajstić information content (AvgIpc) is 2.15. The number of nitrogens with one attached hydrogen (secondary N) is 1. The van der Waals surface area contributed by atoms with Gasteiger partial charge in [0.05, 0.1) is 0 Å². The van der Waals surface area contributed by atoms with Gasteiger partial charge < -0.3 is 5.32 Å². The normalized spacial score (nSPS) is 16.5. The third kappa shape index (κ3) is 2.43. The topological polar surface area (TPSA) is 12.0 Å². The highest BCUT2D eigenvalue weighted by Gasteiger charge is 2.16. The third-order valence-electron chi connectivity index (χ3n) is 3.38. The average molecular weight is 268 g/mol. The van der Waals surface area contributed by atoms with Crippen molar-refractivity contribution in [2.45, 2.75) is 45.7 Å². The second-order valence-corrected chi connectivity index (χ2v) is 5.28. The van der Waals surface area contributed by atoms with Crippen LogP contribution in [0.3, 0.4) is 0 Å². The SMILES string of the molecule is Cc1ccc(CNC2CCC2)c(C)c1Br. The zero-order chi connectivity index (χ0) is 10.8. The van der Waals surface area contributed by atoms with Crippen molar-refractivity contribution in [1.29, 1.82) is 0 Å². The molecule has 0 radical (unpaired) electrons. The summed E-state index contributed by atoms with van der Waals surface area (Å²) in [6, 6.07) is 5.19. The van der Waals surface area contributed by atoms with Crippen molar-refractivity contribution in [3.8, 4) is 0 Å². The summed E-state index contributed by atoms with van der Waals surface area (Å²) in [5, 5.41) is 3.60. The fourth-order valence-electron chi connectivity index (χ4n) is 1.92. The molecule has 1 aromatic rings. The summed E-state index contributed by atoms with van der Waals surface area (Å²) in [6.45, 7) is 5.34. The van der Waals surface area contributed by atoms with Crippen LogP contribution in [0, 0.1) is 13.8 Å². The zero-order valence-electron chi connectivity index (χ0n) is 9.44. The molecule has 0 amide bonds. The quantitative estimate of drug-likeness (QED) is 0.881. The first-order valence-corrected chi connectivity index (χ1v) is 6.45. The summed E-state index contributed by atoms with van der Waals surface area (Å²) in [5.74, 6) is 0. The molecule has 1 aromatic carbocycles. The minimum absolute atomic E-state index is 0.768. The molecular formula is C13H18BrN. The molecule has 0 atom stereocenters. The molecule has 15 heavy (non-hydrogen) atoms. The Morgan fingerprint density at radius 2 is 2.07 bits per heavy atom. The highest BCUT2D eigenvalue weighted by Crippen LogP contribution is 2.25. The first-order valence-electron chi connectivity index (χ1n) is 5.66. The van der Waals surface area contributed by atoms with E-state index in [0.29, 0.717) is 0 Å². The van der Waals surface area contributed by atoms with Crippen LogP contribution < -0.4 is 5.32 Å². The Balaban J connectivity index is 2.04. The molecule has 1 nitrogen and oxygen atoms in total. The Morgan fingerprint density at radius 1 is 1.33 bits per heavy atom. The molecule has 0 saturated heterocycles. The highest BCUT2D eigenvalue weighted by atomic mass is 79.9. The lowest BCUT2D eigenvalue weighted by molar-refractivity contribution is 0.338. The Bertz CT molecular complexity index is 356. The van der Waals surface area contributed by atoms with Crippen molar-refractivity contribution in [2.75, 3.05) is 0 Å². The van der Waals surface area contributed by atoms with E-state index >= 15 is 0 Å². The van der Waals surface area contributed by atoms with Crippen LogP contribution in [-0.2, 0) is 6.54 Å². The van der Waals surface area contributed by atoms with Crippen LogP contribution in [-0.4, -0.2) is 6.04 Å². The Morgan fingerprint density at radius 3 is 2.67 bits per heavy atom. The van der Waals surface area contributed by atoms with Crippen LogP contribution >= 0.6 is 15.9 Å². The smallest absolute Gasteiger partial charge is 0.0236 e. The van der Waals surface area contributed by atoms with E-state index in [2.05, 4.69) is 47.2 Å². The van der Waals surface area contributed by atoms with Crippen molar-refractivity contribution < 1.29 is 0 Å². The second-order valence-electron chi connectivity index (χ2n) is 4.49. The van der Waals surface area contributed by atoms with Crippen LogP contribution in [0.4, 0.5) is 0 Å².